The van der Waals surface area contributed by atoms with Gasteiger partial charge in [-0.2, -0.15) is 5.10 Å². The Hall–Kier alpha value is -2.01. The maximum Gasteiger partial charge on any atom is 0.161 e. The first-order valence-electron chi connectivity index (χ1n) is 7.22. The lowest BCUT2D eigenvalue weighted by molar-refractivity contribution is 0.388. The van der Waals surface area contributed by atoms with Gasteiger partial charge in [-0.1, -0.05) is 25.1 Å². The summed E-state index contributed by atoms with van der Waals surface area (Å²) in [5.41, 5.74) is 2.10. The zero-order valence-corrected chi connectivity index (χ0v) is 13.1. The Balaban J connectivity index is 2.55. The lowest BCUT2D eigenvalue weighted by Crippen LogP contribution is -2.25. The standard InChI is InChI=1S/C16H23N3O2/c1-5-17-15(12-9-7-8-10-13(12)20-3)16-14(21-4)11-18-19(16)6-2/h7-11,15,17H,5-6H2,1-4H3. The highest BCUT2D eigenvalue weighted by atomic mass is 16.5. The van der Waals surface area contributed by atoms with E-state index in [1.165, 1.54) is 0 Å². The Kier molecular flexibility index (Phi) is 5.22. The van der Waals surface area contributed by atoms with E-state index >= 15 is 0 Å². The van der Waals surface area contributed by atoms with Crippen molar-refractivity contribution in [2.75, 3.05) is 20.8 Å². The minimum Gasteiger partial charge on any atom is -0.496 e. The van der Waals surface area contributed by atoms with Crippen molar-refractivity contribution in [1.82, 2.24) is 15.1 Å². The predicted octanol–water partition coefficient (Wildman–Crippen LogP) is 2.62. The number of benzene rings is 1. The molecule has 0 aliphatic carbocycles. The van der Waals surface area contributed by atoms with Gasteiger partial charge in [0.1, 0.15) is 11.4 Å². The number of aryl methyl sites for hydroxylation is 1. The van der Waals surface area contributed by atoms with Crippen LogP contribution < -0.4 is 14.8 Å². The van der Waals surface area contributed by atoms with E-state index in [9.17, 15) is 0 Å². The van der Waals surface area contributed by atoms with Gasteiger partial charge in [0.2, 0.25) is 0 Å². The molecule has 0 fully saturated rings. The number of rotatable bonds is 7. The molecular weight excluding hydrogens is 266 g/mol. The number of ether oxygens (including phenoxy) is 2. The third kappa shape index (κ3) is 3.03. The molecule has 1 aromatic heterocycles. The normalized spacial score (nSPS) is 12.2. The van der Waals surface area contributed by atoms with Crippen LogP contribution in [-0.4, -0.2) is 30.5 Å². The second kappa shape index (κ2) is 7.13. The fourth-order valence-electron chi connectivity index (χ4n) is 2.54. The van der Waals surface area contributed by atoms with Gasteiger partial charge in [-0.25, -0.2) is 0 Å². The lowest BCUT2D eigenvalue weighted by atomic mass is 10.0. The third-order valence-corrected chi connectivity index (χ3v) is 3.50. The SMILES string of the molecule is CCNC(c1ccccc1OC)c1c(OC)cnn1CC. The van der Waals surface area contributed by atoms with E-state index in [-0.39, 0.29) is 6.04 Å². The van der Waals surface area contributed by atoms with Crippen molar-refractivity contribution in [2.24, 2.45) is 0 Å². The molecule has 1 atom stereocenters. The van der Waals surface area contributed by atoms with E-state index in [1.54, 1.807) is 20.4 Å². The van der Waals surface area contributed by atoms with Crippen LogP contribution in [0.25, 0.3) is 0 Å². The molecule has 1 N–H and O–H groups in total. The van der Waals surface area contributed by atoms with E-state index in [1.807, 2.05) is 22.9 Å². The number of hydrogen-bond acceptors (Lipinski definition) is 4. The van der Waals surface area contributed by atoms with E-state index in [0.29, 0.717) is 0 Å². The summed E-state index contributed by atoms with van der Waals surface area (Å²) in [5.74, 6) is 1.64. The van der Waals surface area contributed by atoms with E-state index in [2.05, 4.69) is 30.3 Å². The van der Waals surface area contributed by atoms with Gasteiger partial charge in [0.15, 0.2) is 5.75 Å². The number of nitrogens with zero attached hydrogens (tertiary/aromatic N) is 2. The molecule has 5 nitrogen and oxygen atoms in total. The number of nitrogens with one attached hydrogen (secondary N) is 1. The van der Waals surface area contributed by atoms with Crippen molar-refractivity contribution in [2.45, 2.75) is 26.4 Å². The summed E-state index contributed by atoms with van der Waals surface area (Å²) in [6, 6.07) is 8.00. The zero-order chi connectivity index (χ0) is 15.2. The molecule has 0 saturated carbocycles. The van der Waals surface area contributed by atoms with Gasteiger partial charge in [0.05, 0.1) is 26.5 Å². The summed E-state index contributed by atoms with van der Waals surface area (Å²) < 4.78 is 13.0. The summed E-state index contributed by atoms with van der Waals surface area (Å²) >= 11 is 0. The summed E-state index contributed by atoms with van der Waals surface area (Å²) in [5, 5.41) is 7.91. The van der Waals surface area contributed by atoms with Crippen LogP contribution in [0.15, 0.2) is 30.5 Å². The first kappa shape index (κ1) is 15.4. The van der Waals surface area contributed by atoms with Crippen molar-refractivity contribution in [1.29, 1.82) is 0 Å². The number of para-hydroxylation sites is 1. The molecule has 1 unspecified atom stereocenters. The summed E-state index contributed by atoms with van der Waals surface area (Å²) in [7, 11) is 3.36. The Morgan fingerprint density at radius 1 is 1.14 bits per heavy atom. The first-order chi connectivity index (χ1) is 10.3. The highest BCUT2D eigenvalue weighted by Gasteiger charge is 2.24. The van der Waals surface area contributed by atoms with Gasteiger partial charge >= 0.3 is 0 Å². The highest BCUT2D eigenvalue weighted by molar-refractivity contribution is 5.43. The highest BCUT2D eigenvalue weighted by Crippen LogP contribution is 2.34. The molecule has 0 amide bonds. The molecule has 0 aliphatic heterocycles. The third-order valence-electron chi connectivity index (χ3n) is 3.50. The summed E-state index contributed by atoms with van der Waals surface area (Å²) in [6.07, 6.45) is 1.76. The number of methoxy groups -OCH3 is 2. The number of aromatic nitrogens is 2. The van der Waals surface area contributed by atoms with Crippen LogP contribution in [0, 0.1) is 0 Å². The van der Waals surface area contributed by atoms with Crippen LogP contribution in [0.2, 0.25) is 0 Å². The minimum atomic E-state index is -0.0245. The maximum atomic E-state index is 5.51. The fraction of sp³-hybridized carbons (Fsp3) is 0.438. The van der Waals surface area contributed by atoms with Gasteiger partial charge in [-0.15, -0.1) is 0 Å². The van der Waals surface area contributed by atoms with Gasteiger partial charge in [-0.3, -0.25) is 4.68 Å². The molecule has 1 aromatic carbocycles. The first-order valence-corrected chi connectivity index (χ1v) is 7.22. The number of hydrogen-bond donors (Lipinski definition) is 1. The summed E-state index contributed by atoms with van der Waals surface area (Å²) in [4.78, 5) is 0. The van der Waals surface area contributed by atoms with Crippen LogP contribution in [0.4, 0.5) is 0 Å². The maximum absolute atomic E-state index is 5.51. The molecule has 0 aliphatic rings. The second-order valence-electron chi connectivity index (χ2n) is 4.65. The van der Waals surface area contributed by atoms with Crippen LogP contribution in [0.3, 0.4) is 0 Å². The van der Waals surface area contributed by atoms with Crippen molar-refractivity contribution in [3.8, 4) is 11.5 Å². The average Bonchev–Trinajstić information content (AvgIpc) is 2.95. The van der Waals surface area contributed by atoms with E-state index in [0.717, 1.165) is 35.8 Å². The Bertz CT molecular complexity index is 559. The minimum absolute atomic E-state index is 0.0245. The van der Waals surface area contributed by atoms with Gasteiger partial charge < -0.3 is 14.8 Å². The molecule has 0 saturated heterocycles. The molecular formula is C16H23N3O2. The van der Waals surface area contributed by atoms with Crippen LogP contribution >= 0.6 is 0 Å². The quantitative estimate of drug-likeness (QED) is 0.851. The molecule has 0 spiro atoms. The lowest BCUT2D eigenvalue weighted by Gasteiger charge is -2.22. The molecule has 0 bridgehead atoms. The van der Waals surface area contributed by atoms with Gasteiger partial charge in [0.25, 0.3) is 0 Å². The van der Waals surface area contributed by atoms with Crippen molar-refractivity contribution in [3.63, 3.8) is 0 Å². The average molecular weight is 289 g/mol. The molecule has 1 heterocycles. The molecule has 5 heteroatoms. The van der Waals surface area contributed by atoms with E-state index < -0.39 is 0 Å². The van der Waals surface area contributed by atoms with Crippen molar-refractivity contribution >= 4 is 0 Å². The van der Waals surface area contributed by atoms with Gasteiger partial charge in [0, 0.05) is 12.1 Å². The molecule has 0 radical (unpaired) electrons. The second-order valence-corrected chi connectivity index (χ2v) is 4.65. The monoisotopic (exact) mass is 289 g/mol. The van der Waals surface area contributed by atoms with Crippen molar-refractivity contribution in [3.05, 3.63) is 41.7 Å². The molecule has 2 aromatic rings. The smallest absolute Gasteiger partial charge is 0.161 e. The Labute approximate surface area is 125 Å². The molecule has 2 rings (SSSR count). The Morgan fingerprint density at radius 2 is 1.86 bits per heavy atom. The van der Waals surface area contributed by atoms with Crippen molar-refractivity contribution < 1.29 is 9.47 Å². The largest absolute Gasteiger partial charge is 0.496 e. The van der Waals surface area contributed by atoms with Crippen LogP contribution in [-0.2, 0) is 6.54 Å². The fourth-order valence-corrected chi connectivity index (χ4v) is 2.54. The zero-order valence-electron chi connectivity index (χ0n) is 13.1. The molecule has 21 heavy (non-hydrogen) atoms. The van der Waals surface area contributed by atoms with Gasteiger partial charge in [-0.05, 0) is 19.5 Å². The Morgan fingerprint density at radius 3 is 2.48 bits per heavy atom. The molecule has 114 valence electrons. The van der Waals surface area contributed by atoms with E-state index in [4.69, 9.17) is 9.47 Å². The summed E-state index contributed by atoms with van der Waals surface area (Å²) in [6.45, 7) is 5.78. The van der Waals surface area contributed by atoms with Crippen LogP contribution in [0.5, 0.6) is 11.5 Å². The topological polar surface area (TPSA) is 48.3 Å². The van der Waals surface area contributed by atoms with Crippen LogP contribution in [0.1, 0.15) is 31.1 Å². The predicted molar refractivity (Wildman–Crippen MR) is 83.0 cm³/mol.